The first kappa shape index (κ1) is 17.3. The summed E-state index contributed by atoms with van der Waals surface area (Å²) >= 11 is 0. The second kappa shape index (κ2) is 6.77. The molecule has 21 heavy (non-hydrogen) atoms. The van der Waals surface area contributed by atoms with Crippen LogP contribution < -0.4 is 15.0 Å². The zero-order valence-electron chi connectivity index (χ0n) is 12.7. The Hall–Kier alpha value is -1.80. The van der Waals surface area contributed by atoms with Crippen LogP contribution in [0.25, 0.3) is 0 Å². The summed E-state index contributed by atoms with van der Waals surface area (Å²) in [6.45, 7) is 5.69. The first-order chi connectivity index (χ1) is 9.62. The SMILES string of the molecule is CNc1nc(OC(C)C)nc(N(CC(F)(F)F)C(C)C)n1. The summed E-state index contributed by atoms with van der Waals surface area (Å²) in [5, 5.41) is 2.69. The molecule has 0 amide bonds. The van der Waals surface area contributed by atoms with Gasteiger partial charge >= 0.3 is 12.2 Å². The number of aromatic nitrogens is 3. The van der Waals surface area contributed by atoms with E-state index in [0.29, 0.717) is 0 Å². The molecule has 0 spiro atoms. The van der Waals surface area contributed by atoms with E-state index in [4.69, 9.17) is 4.74 Å². The number of rotatable bonds is 6. The van der Waals surface area contributed by atoms with Gasteiger partial charge in [0.25, 0.3) is 0 Å². The highest BCUT2D eigenvalue weighted by Crippen LogP contribution is 2.23. The van der Waals surface area contributed by atoms with Gasteiger partial charge in [0.2, 0.25) is 11.9 Å². The molecular formula is C12H20F3N5O. The summed E-state index contributed by atoms with van der Waals surface area (Å²) in [4.78, 5) is 13.0. The third kappa shape index (κ3) is 5.60. The molecule has 0 aliphatic carbocycles. The van der Waals surface area contributed by atoms with Crippen LogP contribution in [-0.4, -0.2) is 46.9 Å². The maximum absolute atomic E-state index is 12.7. The number of anilines is 2. The van der Waals surface area contributed by atoms with Gasteiger partial charge in [-0.05, 0) is 27.7 Å². The molecule has 0 aliphatic heterocycles. The molecule has 1 heterocycles. The summed E-state index contributed by atoms with van der Waals surface area (Å²) in [7, 11) is 1.57. The highest BCUT2D eigenvalue weighted by Gasteiger charge is 2.33. The van der Waals surface area contributed by atoms with Gasteiger partial charge in [0.1, 0.15) is 6.54 Å². The Kier molecular flexibility index (Phi) is 5.56. The minimum atomic E-state index is -4.35. The minimum Gasteiger partial charge on any atom is -0.461 e. The Morgan fingerprint density at radius 1 is 1.14 bits per heavy atom. The maximum Gasteiger partial charge on any atom is 0.406 e. The van der Waals surface area contributed by atoms with Crippen molar-refractivity contribution in [2.75, 3.05) is 23.8 Å². The Labute approximate surface area is 121 Å². The number of halogens is 3. The van der Waals surface area contributed by atoms with E-state index in [0.717, 1.165) is 4.90 Å². The lowest BCUT2D eigenvalue weighted by Gasteiger charge is -2.28. The van der Waals surface area contributed by atoms with E-state index in [9.17, 15) is 13.2 Å². The van der Waals surface area contributed by atoms with Crippen molar-refractivity contribution < 1.29 is 17.9 Å². The van der Waals surface area contributed by atoms with Crippen LogP contribution in [0.1, 0.15) is 27.7 Å². The molecule has 6 nitrogen and oxygen atoms in total. The van der Waals surface area contributed by atoms with Crippen molar-refractivity contribution in [3.05, 3.63) is 0 Å². The van der Waals surface area contributed by atoms with Gasteiger partial charge < -0.3 is 15.0 Å². The van der Waals surface area contributed by atoms with Crippen molar-refractivity contribution >= 4 is 11.9 Å². The molecule has 0 saturated carbocycles. The summed E-state index contributed by atoms with van der Waals surface area (Å²) in [5.41, 5.74) is 0. The van der Waals surface area contributed by atoms with Crippen LogP contribution in [-0.2, 0) is 0 Å². The van der Waals surface area contributed by atoms with Crippen molar-refractivity contribution in [3.63, 3.8) is 0 Å². The Balaban J connectivity index is 3.17. The number of nitrogens with one attached hydrogen (secondary N) is 1. The van der Waals surface area contributed by atoms with Gasteiger partial charge in [-0.15, -0.1) is 0 Å². The van der Waals surface area contributed by atoms with Crippen molar-refractivity contribution in [2.45, 2.75) is 46.0 Å². The average Bonchev–Trinajstić information content (AvgIpc) is 2.33. The van der Waals surface area contributed by atoms with Crippen LogP contribution in [0.4, 0.5) is 25.1 Å². The highest BCUT2D eigenvalue weighted by molar-refractivity contribution is 5.39. The summed E-state index contributed by atoms with van der Waals surface area (Å²) in [6.07, 6.45) is -4.55. The van der Waals surface area contributed by atoms with E-state index in [1.165, 1.54) is 0 Å². The van der Waals surface area contributed by atoms with Gasteiger partial charge in [0.15, 0.2) is 0 Å². The molecule has 0 aliphatic rings. The number of nitrogens with zero attached hydrogens (tertiary/aromatic N) is 4. The minimum absolute atomic E-state index is 0.00725. The Bertz CT molecular complexity index is 465. The molecule has 1 aromatic rings. The molecule has 0 radical (unpaired) electrons. The standard InChI is InChI=1S/C12H20F3N5O/c1-7(2)20(6-12(13,14)15)10-17-9(16-5)18-11(19-10)21-8(3)4/h7-8H,6H2,1-5H3,(H,16,17,18,19). The van der Waals surface area contributed by atoms with Gasteiger partial charge in [-0.1, -0.05) is 0 Å². The van der Waals surface area contributed by atoms with Crippen LogP contribution in [0.2, 0.25) is 0 Å². The average molecular weight is 307 g/mol. The zero-order valence-corrected chi connectivity index (χ0v) is 12.7. The van der Waals surface area contributed by atoms with Crippen molar-refractivity contribution in [1.29, 1.82) is 0 Å². The number of hydrogen-bond acceptors (Lipinski definition) is 6. The third-order valence-electron chi connectivity index (χ3n) is 2.40. The zero-order chi connectivity index (χ0) is 16.2. The molecule has 120 valence electrons. The van der Waals surface area contributed by atoms with E-state index >= 15 is 0 Å². The van der Waals surface area contributed by atoms with E-state index in [-0.39, 0.29) is 24.0 Å². The molecule has 0 bridgehead atoms. The van der Waals surface area contributed by atoms with Crippen LogP contribution in [0.3, 0.4) is 0 Å². The van der Waals surface area contributed by atoms with E-state index in [1.54, 1.807) is 34.7 Å². The molecule has 9 heteroatoms. The number of alkyl halides is 3. The second-order valence-corrected chi connectivity index (χ2v) is 5.00. The first-order valence-corrected chi connectivity index (χ1v) is 6.56. The monoisotopic (exact) mass is 307 g/mol. The lowest BCUT2D eigenvalue weighted by Crippen LogP contribution is -2.40. The third-order valence-corrected chi connectivity index (χ3v) is 2.40. The molecule has 1 N–H and O–H groups in total. The molecule has 0 saturated heterocycles. The van der Waals surface area contributed by atoms with Crippen LogP contribution in [0.5, 0.6) is 6.01 Å². The predicted octanol–water partition coefficient (Wildman–Crippen LogP) is 2.48. The molecule has 0 fully saturated rings. The van der Waals surface area contributed by atoms with Gasteiger partial charge in [0.05, 0.1) is 6.10 Å². The normalized spacial score (nSPS) is 11.9. The van der Waals surface area contributed by atoms with Gasteiger partial charge in [-0.3, -0.25) is 0 Å². The van der Waals surface area contributed by atoms with Crippen LogP contribution in [0, 0.1) is 0 Å². The largest absolute Gasteiger partial charge is 0.461 e. The lowest BCUT2D eigenvalue weighted by atomic mass is 10.3. The summed E-state index contributed by atoms with van der Waals surface area (Å²) in [5.74, 6) is 0.0841. The molecule has 1 aromatic heterocycles. The van der Waals surface area contributed by atoms with E-state index in [2.05, 4.69) is 20.3 Å². The molecule has 1 rings (SSSR count). The summed E-state index contributed by atoms with van der Waals surface area (Å²) in [6, 6.07) is -0.433. The van der Waals surface area contributed by atoms with Gasteiger partial charge in [-0.25, -0.2) is 0 Å². The fourth-order valence-corrected chi connectivity index (χ4v) is 1.53. The Morgan fingerprint density at radius 2 is 1.76 bits per heavy atom. The Morgan fingerprint density at radius 3 is 2.19 bits per heavy atom. The smallest absolute Gasteiger partial charge is 0.406 e. The quantitative estimate of drug-likeness (QED) is 0.871. The van der Waals surface area contributed by atoms with Gasteiger partial charge in [0, 0.05) is 13.1 Å². The number of hydrogen-bond donors (Lipinski definition) is 1. The van der Waals surface area contributed by atoms with E-state index in [1.807, 2.05) is 0 Å². The second-order valence-electron chi connectivity index (χ2n) is 5.00. The first-order valence-electron chi connectivity index (χ1n) is 6.56. The number of ether oxygens (including phenoxy) is 1. The predicted molar refractivity (Wildman–Crippen MR) is 73.7 cm³/mol. The summed E-state index contributed by atoms with van der Waals surface area (Å²) < 4.78 is 43.4. The molecular weight excluding hydrogens is 287 g/mol. The fourth-order valence-electron chi connectivity index (χ4n) is 1.53. The lowest BCUT2D eigenvalue weighted by molar-refractivity contribution is -0.120. The maximum atomic E-state index is 12.7. The van der Waals surface area contributed by atoms with Crippen LogP contribution in [0.15, 0.2) is 0 Å². The molecule has 0 atom stereocenters. The highest BCUT2D eigenvalue weighted by atomic mass is 19.4. The van der Waals surface area contributed by atoms with Crippen molar-refractivity contribution in [1.82, 2.24) is 15.0 Å². The molecule has 0 aromatic carbocycles. The molecule has 0 unspecified atom stereocenters. The van der Waals surface area contributed by atoms with Crippen LogP contribution >= 0.6 is 0 Å². The topological polar surface area (TPSA) is 63.2 Å². The fraction of sp³-hybridized carbons (Fsp3) is 0.750. The van der Waals surface area contributed by atoms with Crippen molar-refractivity contribution in [3.8, 4) is 6.01 Å². The van der Waals surface area contributed by atoms with Gasteiger partial charge in [-0.2, -0.15) is 28.1 Å². The van der Waals surface area contributed by atoms with E-state index < -0.39 is 18.8 Å². The van der Waals surface area contributed by atoms with Crippen molar-refractivity contribution in [2.24, 2.45) is 0 Å².